The maximum absolute atomic E-state index is 5.60. The predicted octanol–water partition coefficient (Wildman–Crippen LogP) is 2.96. The van der Waals surface area contributed by atoms with Gasteiger partial charge in [-0.3, -0.25) is 9.89 Å². The van der Waals surface area contributed by atoms with E-state index in [-0.39, 0.29) is 0 Å². The molecule has 0 atom stereocenters. The van der Waals surface area contributed by atoms with E-state index in [9.17, 15) is 0 Å². The van der Waals surface area contributed by atoms with Crippen LogP contribution < -0.4 is 10.6 Å². The third-order valence-electron chi connectivity index (χ3n) is 5.36. The van der Waals surface area contributed by atoms with Crippen LogP contribution >= 0.6 is 0 Å². The first-order valence-corrected chi connectivity index (χ1v) is 11.1. The van der Waals surface area contributed by atoms with Gasteiger partial charge >= 0.3 is 0 Å². The monoisotopic (exact) mass is 404 g/mol. The SMILES string of the molecule is CCCCOCCOCCNC(=NC)NC1CCN(Cc2ccccc2C)CC1. The standard InChI is InChI=1S/C23H40N4O2/c1-4-5-15-28-17-18-29-16-12-25-23(24-3)26-22-10-13-27(14-11-22)19-21-9-7-6-8-20(21)2/h6-9,22H,4-5,10-19H2,1-3H3,(H2,24,25,26). The Hall–Kier alpha value is -1.63. The highest BCUT2D eigenvalue weighted by Crippen LogP contribution is 2.16. The Bertz CT molecular complexity index is 586. The van der Waals surface area contributed by atoms with Crippen LogP contribution in [0.2, 0.25) is 0 Å². The molecule has 1 saturated heterocycles. The molecule has 0 saturated carbocycles. The Morgan fingerprint density at radius 1 is 1.10 bits per heavy atom. The first-order valence-electron chi connectivity index (χ1n) is 11.1. The first kappa shape index (κ1) is 23.6. The largest absolute Gasteiger partial charge is 0.379 e. The number of aryl methyl sites for hydroxylation is 1. The number of piperidine rings is 1. The average Bonchev–Trinajstić information content (AvgIpc) is 2.74. The number of unbranched alkanes of at least 4 members (excludes halogenated alkanes) is 1. The molecule has 0 aliphatic carbocycles. The zero-order chi connectivity index (χ0) is 20.7. The average molecular weight is 405 g/mol. The van der Waals surface area contributed by atoms with Gasteiger partial charge in [0.1, 0.15) is 0 Å². The van der Waals surface area contributed by atoms with Crippen LogP contribution in [0.4, 0.5) is 0 Å². The van der Waals surface area contributed by atoms with Crippen LogP contribution in [0.1, 0.15) is 43.7 Å². The number of hydrogen-bond acceptors (Lipinski definition) is 4. The summed E-state index contributed by atoms with van der Waals surface area (Å²) in [6, 6.07) is 9.16. The lowest BCUT2D eigenvalue weighted by molar-refractivity contribution is 0.0487. The van der Waals surface area contributed by atoms with E-state index >= 15 is 0 Å². The van der Waals surface area contributed by atoms with Crippen LogP contribution in [-0.4, -0.2) is 70.0 Å². The summed E-state index contributed by atoms with van der Waals surface area (Å²) in [7, 11) is 1.82. The summed E-state index contributed by atoms with van der Waals surface area (Å²) >= 11 is 0. The molecule has 6 heteroatoms. The minimum absolute atomic E-state index is 0.474. The Morgan fingerprint density at radius 2 is 1.83 bits per heavy atom. The van der Waals surface area contributed by atoms with Gasteiger partial charge in [-0.2, -0.15) is 0 Å². The van der Waals surface area contributed by atoms with E-state index in [0.29, 0.717) is 25.9 Å². The molecule has 1 aromatic rings. The maximum Gasteiger partial charge on any atom is 0.191 e. The fraction of sp³-hybridized carbons (Fsp3) is 0.696. The van der Waals surface area contributed by atoms with Crippen molar-refractivity contribution >= 4 is 5.96 Å². The molecule has 164 valence electrons. The molecule has 1 heterocycles. The number of aliphatic imine (C=N–C) groups is 1. The van der Waals surface area contributed by atoms with Crippen LogP contribution in [0.3, 0.4) is 0 Å². The van der Waals surface area contributed by atoms with Crippen LogP contribution in [-0.2, 0) is 16.0 Å². The Kier molecular flexibility index (Phi) is 11.7. The van der Waals surface area contributed by atoms with Gasteiger partial charge in [-0.1, -0.05) is 37.6 Å². The van der Waals surface area contributed by atoms with Crippen LogP contribution in [0, 0.1) is 6.92 Å². The van der Waals surface area contributed by atoms with E-state index in [1.807, 2.05) is 7.05 Å². The molecule has 0 bridgehead atoms. The Balaban J connectivity index is 1.55. The van der Waals surface area contributed by atoms with Crippen molar-refractivity contribution in [1.82, 2.24) is 15.5 Å². The number of ether oxygens (including phenoxy) is 2. The van der Waals surface area contributed by atoms with Crippen LogP contribution in [0.15, 0.2) is 29.3 Å². The van der Waals surface area contributed by atoms with Gasteiger partial charge in [0.15, 0.2) is 5.96 Å². The molecule has 1 aromatic carbocycles. The number of likely N-dealkylation sites (tertiary alicyclic amines) is 1. The number of guanidine groups is 1. The number of hydrogen-bond donors (Lipinski definition) is 2. The van der Waals surface area contributed by atoms with Crippen molar-refractivity contribution in [3.8, 4) is 0 Å². The van der Waals surface area contributed by atoms with E-state index in [2.05, 4.69) is 58.6 Å². The molecule has 0 spiro atoms. The quantitative estimate of drug-likeness (QED) is 0.319. The molecule has 1 aliphatic rings. The molecule has 29 heavy (non-hydrogen) atoms. The van der Waals surface area contributed by atoms with Gasteiger partial charge in [0.05, 0.1) is 19.8 Å². The van der Waals surface area contributed by atoms with Crippen molar-refractivity contribution in [2.45, 2.75) is 52.1 Å². The van der Waals surface area contributed by atoms with Crippen molar-refractivity contribution in [3.63, 3.8) is 0 Å². The topological polar surface area (TPSA) is 58.1 Å². The van der Waals surface area contributed by atoms with Crippen molar-refractivity contribution < 1.29 is 9.47 Å². The second-order valence-electron chi connectivity index (χ2n) is 7.70. The van der Waals surface area contributed by atoms with Crippen LogP contribution in [0.5, 0.6) is 0 Å². The second-order valence-corrected chi connectivity index (χ2v) is 7.70. The highest BCUT2D eigenvalue weighted by atomic mass is 16.5. The zero-order valence-corrected chi connectivity index (χ0v) is 18.6. The summed E-state index contributed by atoms with van der Waals surface area (Å²) in [6.45, 7) is 11.2. The summed E-state index contributed by atoms with van der Waals surface area (Å²) < 4.78 is 11.1. The summed E-state index contributed by atoms with van der Waals surface area (Å²) in [5.41, 5.74) is 2.82. The van der Waals surface area contributed by atoms with Gasteiger partial charge in [0.2, 0.25) is 0 Å². The minimum Gasteiger partial charge on any atom is -0.379 e. The third kappa shape index (κ3) is 9.61. The van der Waals surface area contributed by atoms with Crippen LogP contribution in [0.25, 0.3) is 0 Å². The summed E-state index contributed by atoms with van der Waals surface area (Å²) in [6.07, 6.45) is 4.56. The molecular formula is C23H40N4O2. The molecule has 2 rings (SSSR count). The summed E-state index contributed by atoms with van der Waals surface area (Å²) in [5.74, 6) is 0.866. The molecule has 6 nitrogen and oxygen atoms in total. The van der Waals surface area contributed by atoms with E-state index in [0.717, 1.165) is 58.0 Å². The lowest BCUT2D eigenvalue weighted by atomic mass is 10.0. The van der Waals surface area contributed by atoms with Crippen molar-refractivity contribution in [3.05, 3.63) is 35.4 Å². The predicted molar refractivity (Wildman–Crippen MR) is 121 cm³/mol. The number of nitrogens with one attached hydrogen (secondary N) is 2. The summed E-state index contributed by atoms with van der Waals surface area (Å²) in [4.78, 5) is 6.90. The van der Waals surface area contributed by atoms with E-state index in [1.54, 1.807) is 0 Å². The van der Waals surface area contributed by atoms with Gasteiger partial charge in [0, 0.05) is 45.9 Å². The highest BCUT2D eigenvalue weighted by molar-refractivity contribution is 5.79. The van der Waals surface area contributed by atoms with E-state index < -0.39 is 0 Å². The summed E-state index contributed by atoms with van der Waals surface area (Å²) in [5, 5.41) is 6.90. The molecule has 1 fully saturated rings. The van der Waals surface area contributed by atoms with Gasteiger partial charge in [0.25, 0.3) is 0 Å². The molecule has 0 unspecified atom stereocenters. The fourth-order valence-corrected chi connectivity index (χ4v) is 3.46. The minimum atomic E-state index is 0.474. The van der Waals surface area contributed by atoms with E-state index in [1.165, 1.54) is 17.5 Å². The zero-order valence-electron chi connectivity index (χ0n) is 18.6. The van der Waals surface area contributed by atoms with Gasteiger partial charge < -0.3 is 20.1 Å². The Morgan fingerprint density at radius 3 is 2.52 bits per heavy atom. The third-order valence-corrected chi connectivity index (χ3v) is 5.36. The normalized spacial score (nSPS) is 16.2. The number of benzene rings is 1. The lowest BCUT2D eigenvalue weighted by Crippen LogP contribution is -2.49. The molecule has 0 radical (unpaired) electrons. The maximum atomic E-state index is 5.60. The second kappa shape index (κ2) is 14.4. The molecule has 2 N–H and O–H groups in total. The van der Waals surface area contributed by atoms with Crippen molar-refractivity contribution in [2.24, 2.45) is 4.99 Å². The van der Waals surface area contributed by atoms with Gasteiger partial charge in [-0.15, -0.1) is 0 Å². The lowest BCUT2D eigenvalue weighted by Gasteiger charge is -2.33. The fourth-order valence-electron chi connectivity index (χ4n) is 3.46. The van der Waals surface area contributed by atoms with Crippen molar-refractivity contribution in [2.75, 3.05) is 53.1 Å². The van der Waals surface area contributed by atoms with E-state index in [4.69, 9.17) is 9.47 Å². The smallest absolute Gasteiger partial charge is 0.191 e. The van der Waals surface area contributed by atoms with Gasteiger partial charge in [-0.05, 0) is 37.3 Å². The molecule has 1 aliphatic heterocycles. The molecular weight excluding hydrogens is 364 g/mol. The molecule has 0 amide bonds. The van der Waals surface area contributed by atoms with Crippen molar-refractivity contribution in [1.29, 1.82) is 0 Å². The Labute approximate surface area is 177 Å². The number of nitrogens with zero attached hydrogens (tertiary/aromatic N) is 2. The highest BCUT2D eigenvalue weighted by Gasteiger charge is 2.20. The first-order chi connectivity index (χ1) is 14.2. The molecule has 0 aromatic heterocycles. The van der Waals surface area contributed by atoms with Gasteiger partial charge in [-0.25, -0.2) is 0 Å². The number of rotatable bonds is 12.